The zero-order valence-corrected chi connectivity index (χ0v) is 16.0. The molecule has 6 nitrogen and oxygen atoms in total. The molecule has 1 unspecified atom stereocenters. The first-order valence-electron chi connectivity index (χ1n) is 8.29. The Morgan fingerprint density at radius 3 is 2.40 bits per heavy atom. The lowest BCUT2D eigenvalue weighted by Crippen LogP contribution is -2.48. The topological polar surface area (TPSA) is 84.0 Å². The Labute approximate surface area is 152 Å². The van der Waals surface area contributed by atoms with Crippen LogP contribution >= 0.6 is 11.3 Å². The maximum Gasteiger partial charge on any atom is 0.249 e. The third-order valence-corrected chi connectivity index (χ3v) is 4.58. The average Bonchev–Trinajstić information content (AvgIpc) is 3.00. The Kier molecular flexibility index (Phi) is 6.25. The minimum absolute atomic E-state index is 0.0353. The molecule has 1 aromatic carbocycles. The van der Waals surface area contributed by atoms with E-state index in [2.05, 4.69) is 20.8 Å². The first-order valence-corrected chi connectivity index (χ1v) is 9.11. The fourth-order valence-electron chi connectivity index (χ4n) is 2.21. The van der Waals surface area contributed by atoms with Gasteiger partial charge in [0.1, 0.15) is 11.0 Å². The number of nitrogens with one attached hydrogen (secondary N) is 2. The first-order chi connectivity index (χ1) is 11.8. The normalized spacial score (nSPS) is 12.3. The van der Waals surface area contributed by atoms with Crippen molar-refractivity contribution in [1.82, 2.24) is 15.5 Å². The predicted octanol–water partition coefficient (Wildman–Crippen LogP) is 3.25. The molecule has 2 rings (SSSR count). The van der Waals surface area contributed by atoms with Gasteiger partial charge in [-0.25, -0.2) is 0 Å². The summed E-state index contributed by atoms with van der Waals surface area (Å²) >= 11 is 1.31. The molecule has 0 aliphatic carbocycles. The summed E-state index contributed by atoms with van der Waals surface area (Å²) in [5.41, 5.74) is 2.10. The van der Waals surface area contributed by atoms with Gasteiger partial charge in [-0.05, 0) is 18.9 Å². The second kappa shape index (κ2) is 8.20. The molecule has 0 radical (unpaired) electrons. The Hall–Kier alpha value is -2.28. The van der Waals surface area contributed by atoms with E-state index in [1.54, 1.807) is 13.8 Å². The third-order valence-electron chi connectivity index (χ3n) is 3.69. The van der Waals surface area contributed by atoms with Crippen LogP contribution in [0.2, 0.25) is 0 Å². The number of anilines is 1. The van der Waals surface area contributed by atoms with Crippen LogP contribution in [0.15, 0.2) is 24.3 Å². The van der Waals surface area contributed by atoms with Crippen LogP contribution in [0.3, 0.4) is 0 Å². The summed E-state index contributed by atoms with van der Waals surface area (Å²) in [5, 5.41) is 14.9. The fraction of sp³-hybridized carbons (Fsp3) is 0.444. The van der Waals surface area contributed by atoms with Gasteiger partial charge in [0.15, 0.2) is 0 Å². The number of benzene rings is 1. The SMILES string of the molecule is Cc1cccc(-c2nnc(NC(=O)C(NC(=O)C(C)C)C(C)C)s2)c1. The maximum absolute atomic E-state index is 12.5. The largest absolute Gasteiger partial charge is 0.344 e. The van der Waals surface area contributed by atoms with Crippen LogP contribution in [0.5, 0.6) is 0 Å². The monoisotopic (exact) mass is 360 g/mol. The number of rotatable bonds is 6. The Bertz CT molecular complexity index is 755. The highest BCUT2D eigenvalue weighted by Crippen LogP contribution is 2.27. The number of carbonyl (C=O) groups is 2. The summed E-state index contributed by atoms with van der Waals surface area (Å²) in [7, 11) is 0. The summed E-state index contributed by atoms with van der Waals surface area (Å²) in [6.45, 7) is 9.39. The van der Waals surface area contributed by atoms with Crippen molar-refractivity contribution in [3.8, 4) is 10.6 Å². The van der Waals surface area contributed by atoms with Gasteiger partial charge in [0, 0.05) is 11.5 Å². The standard InChI is InChI=1S/C18H24N4O2S/c1-10(2)14(19-15(23)11(3)4)16(24)20-18-22-21-17(25-18)13-8-6-7-12(5)9-13/h6-11,14H,1-5H3,(H,19,23)(H,20,22,24). The van der Waals surface area contributed by atoms with E-state index in [0.29, 0.717) is 5.13 Å². The molecule has 7 heteroatoms. The zero-order chi connectivity index (χ0) is 18.6. The van der Waals surface area contributed by atoms with Crippen LogP contribution in [0.25, 0.3) is 10.6 Å². The molecule has 0 fully saturated rings. The molecule has 2 N–H and O–H groups in total. The van der Waals surface area contributed by atoms with E-state index >= 15 is 0 Å². The highest BCUT2D eigenvalue weighted by atomic mass is 32.1. The summed E-state index contributed by atoms with van der Waals surface area (Å²) in [6, 6.07) is 7.34. The van der Waals surface area contributed by atoms with E-state index in [1.807, 2.05) is 45.0 Å². The summed E-state index contributed by atoms with van der Waals surface area (Å²) in [6.07, 6.45) is 0. The molecule has 1 aromatic heterocycles. The highest BCUT2D eigenvalue weighted by Gasteiger charge is 2.26. The van der Waals surface area contributed by atoms with E-state index in [-0.39, 0.29) is 23.7 Å². The van der Waals surface area contributed by atoms with Crippen molar-refractivity contribution < 1.29 is 9.59 Å². The molecule has 1 heterocycles. The van der Waals surface area contributed by atoms with E-state index < -0.39 is 6.04 Å². The van der Waals surface area contributed by atoms with Gasteiger partial charge < -0.3 is 5.32 Å². The lowest BCUT2D eigenvalue weighted by molar-refractivity contribution is -0.129. The van der Waals surface area contributed by atoms with Crippen molar-refractivity contribution in [3.63, 3.8) is 0 Å². The van der Waals surface area contributed by atoms with E-state index in [0.717, 1.165) is 16.1 Å². The number of hydrogen-bond donors (Lipinski definition) is 2. The molecule has 2 amide bonds. The maximum atomic E-state index is 12.5. The lowest BCUT2D eigenvalue weighted by Gasteiger charge is -2.21. The molecule has 2 aromatic rings. The van der Waals surface area contributed by atoms with Gasteiger partial charge in [-0.3, -0.25) is 14.9 Å². The van der Waals surface area contributed by atoms with Gasteiger partial charge >= 0.3 is 0 Å². The minimum atomic E-state index is -0.610. The van der Waals surface area contributed by atoms with Crippen molar-refractivity contribution in [3.05, 3.63) is 29.8 Å². The van der Waals surface area contributed by atoms with Crippen LogP contribution < -0.4 is 10.6 Å². The minimum Gasteiger partial charge on any atom is -0.344 e. The summed E-state index contributed by atoms with van der Waals surface area (Å²) in [4.78, 5) is 24.4. The zero-order valence-electron chi connectivity index (χ0n) is 15.2. The molecule has 0 aliphatic rings. The number of hydrogen-bond acceptors (Lipinski definition) is 5. The number of carbonyl (C=O) groups excluding carboxylic acids is 2. The van der Waals surface area contributed by atoms with Crippen LogP contribution in [0.4, 0.5) is 5.13 Å². The Morgan fingerprint density at radius 1 is 1.08 bits per heavy atom. The molecule has 0 bridgehead atoms. The van der Waals surface area contributed by atoms with Crippen molar-refractivity contribution in [1.29, 1.82) is 0 Å². The van der Waals surface area contributed by atoms with Crippen molar-refractivity contribution in [2.45, 2.75) is 40.7 Å². The second-order valence-electron chi connectivity index (χ2n) is 6.66. The van der Waals surface area contributed by atoms with Crippen molar-refractivity contribution in [2.75, 3.05) is 5.32 Å². The van der Waals surface area contributed by atoms with Crippen molar-refractivity contribution >= 4 is 28.3 Å². The molecule has 0 saturated heterocycles. The Balaban J connectivity index is 2.10. The van der Waals surface area contributed by atoms with E-state index in [9.17, 15) is 9.59 Å². The molecule has 134 valence electrons. The molecule has 25 heavy (non-hydrogen) atoms. The number of nitrogens with zero attached hydrogens (tertiary/aromatic N) is 2. The smallest absolute Gasteiger partial charge is 0.249 e. The van der Waals surface area contributed by atoms with E-state index in [4.69, 9.17) is 0 Å². The Morgan fingerprint density at radius 2 is 1.80 bits per heavy atom. The van der Waals surface area contributed by atoms with Gasteiger partial charge in [0.05, 0.1) is 0 Å². The number of aromatic nitrogens is 2. The van der Waals surface area contributed by atoms with Gasteiger partial charge in [0.25, 0.3) is 0 Å². The van der Waals surface area contributed by atoms with Crippen LogP contribution in [-0.2, 0) is 9.59 Å². The summed E-state index contributed by atoms with van der Waals surface area (Å²) < 4.78 is 0. The fourth-order valence-corrected chi connectivity index (χ4v) is 2.95. The van der Waals surface area contributed by atoms with Crippen LogP contribution in [0.1, 0.15) is 33.3 Å². The lowest BCUT2D eigenvalue weighted by atomic mass is 10.0. The number of aryl methyl sites for hydroxylation is 1. The average molecular weight is 360 g/mol. The number of amides is 2. The van der Waals surface area contributed by atoms with Gasteiger partial charge in [-0.2, -0.15) is 0 Å². The molecular weight excluding hydrogens is 336 g/mol. The predicted molar refractivity (Wildman–Crippen MR) is 100 cm³/mol. The first kappa shape index (κ1) is 19.1. The van der Waals surface area contributed by atoms with Gasteiger partial charge in [-0.1, -0.05) is 62.8 Å². The van der Waals surface area contributed by atoms with Crippen molar-refractivity contribution in [2.24, 2.45) is 11.8 Å². The molecular formula is C18H24N4O2S. The molecule has 0 saturated carbocycles. The summed E-state index contributed by atoms with van der Waals surface area (Å²) in [5.74, 6) is -0.641. The van der Waals surface area contributed by atoms with E-state index in [1.165, 1.54) is 11.3 Å². The second-order valence-corrected chi connectivity index (χ2v) is 7.63. The molecule has 1 atom stereocenters. The van der Waals surface area contributed by atoms with Crippen LogP contribution in [-0.4, -0.2) is 28.1 Å². The molecule has 0 aliphatic heterocycles. The van der Waals surface area contributed by atoms with Crippen LogP contribution in [0, 0.1) is 18.8 Å². The third kappa shape index (κ3) is 5.09. The quantitative estimate of drug-likeness (QED) is 0.828. The van der Waals surface area contributed by atoms with Gasteiger partial charge in [0.2, 0.25) is 16.9 Å². The highest BCUT2D eigenvalue weighted by molar-refractivity contribution is 7.18. The van der Waals surface area contributed by atoms with Gasteiger partial charge in [-0.15, -0.1) is 10.2 Å². The molecule has 0 spiro atoms.